The summed E-state index contributed by atoms with van der Waals surface area (Å²) in [4.78, 5) is 43.3. The van der Waals surface area contributed by atoms with E-state index in [1.807, 2.05) is 0 Å². The van der Waals surface area contributed by atoms with E-state index in [2.05, 4.69) is 15.1 Å². The van der Waals surface area contributed by atoms with Crippen LogP contribution < -0.4 is 20.7 Å². The van der Waals surface area contributed by atoms with Crippen molar-refractivity contribution in [2.75, 3.05) is 20.8 Å². The highest BCUT2D eigenvalue weighted by molar-refractivity contribution is 6.05. The summed E-state index contributed by atoms with van der Waals surface area (Å²) in [5.74, 6) is 1.38. The molecule has 0 saturated carbocycles. The van der Waals surface area contributed by atoms with Gasteiger partial charge in [0.25, 0.3) is 0 Å². The molecule has 3 heterocycles. The molecule has 2 aromatic carbocycles. The number of nitrogens with zero attached hydrogens (tertiary/aromatic N) is 2. The standard InChI is InChI=1S/C26H22N4O7/c1-4-36-25(32)15-7-5-14(6-8-15)19-10-9-16(37-19)13-27-30-24(31)23-22(29-26(30)33)17-11-20(34-2)21(35-3)12-18(17)28-23/h5-13,28H,4H2,1-3H3,(H,29,33)/b27-13+. The largest absolute Gasteiger partial charge is 0.493 e. The van der Waals surface area contributed by atoms with Crippen LogP contribution >= 0.6 is 0 Å². The van der Waals surface area contributed by atoms with Crippen LogP contribution in [0.5, 0.6) is 11.5 Å². The summed E-state index contributed by atoms with van der Waals surface area (Å²) < 4.78 is 22.1. The van der Waals surface area contributed by atoms with Crippen LogP contribution in [0.15, 0.2) is 67.6 Å². The first-order valence-corrected chi connectivity index (χ1v) is 11.3. The first-order valence-electron chi connectivity index (χ1n) is 11.3. The topological polar surface area (TPSA) is 141 Å². The summed E-state index contributed by atoms with van der Waals surface area (Å²) in [5.41, 5.74) is 0.908. The number of H-pyrrole nitrogens is 2. The molecule has 0 aliphatic rings. The van der Waals surface area contributed by atoms with Gasteiger partial charge >= 0.3 is 17.2 Å². The number of ether oxygens (including phenoxy) is 3. The van der Waals surface area contributed by atoms with E-state index >= 15 is 0 Å². The predicted octanol–water partition coefficient (Wildman–Crippen LogP) is 3.51. The Morgan fingerprint density at radius 1 is 1.00 bits per heavy atom. The maximum absolute atomic E-state index is 13.1. The highest BCUT2D eigenvalue weighted by atomic mass is 16.5. The third-order valence-electron chi connectivity index (χ3n) is 5.74. The highest BCUT2D eigenvalue weighted by Crippen LogP contribution is 2.34. The average Bonchev–Trinajstić information content (AvgIpc) is 3.52. The second-order valence-corrected chi connectivity index (χ2v) is 7.92. The van der Waals surface area contributed by atoms with Gasteiger partial charge in [-0.05, 0) is 37.3 Å². The number of nitrogens with one attached hydrogen (secondary N) is 2. The summed E-state index contributed by atoms with van der Waals surface area (Å²) in [7, 11) is 3.01. The van der Waals surface area contributed by atoms with Crippen LogP contribution in [0.4, 0.5) is 0 Å². The van der Waals surface area contributed by atoms with E-state index in [4.69, 9.17) is 18.6 Å². The molecule has 11 heteroatoms. The van der Waals surface area contributed by atoms with Crippen LogP contribution in [0.3, 0.4) is 0 Å². The van der Waals surface area contributed by atoms with E-state index in [9.17, 15) is 14.4 Å². The number of carbonyl (C=O) groups excluding carboxylic acids is 1. The van der Waals surface area contributed by atoms with E-state index in [1.54, 1.807) is 55.5 Å². The van der Waals surface area contributed by atoms with Gasteiger partial charge in [0, 0.05) is 17.0 Å². The molecule has 3 aromatic heterocycles. The normalized spacial score (nSPS) is 11.4. The summed E-state index contributed by atoms with van der Waals surface area (Å²) in [6.45, 7) is 2.04. The lowest BCUT2D eigenvalue weighted by atomic mass is 10.1. The van der Waals surface area contributed by atoms with E-state index in [0.717, 1.165) is 5.56 Å². The molecule has 5 rings (SSSR count). The van der Waals surface area contributed by atoms with Crippen molar-refractivity contribution >= 4 is 34.1 Å². The molecule has 0 amide bonds. The number of fused-ring (bicyclic) bond motifs is 3. The van der Waals surface area contributed by atoms with Gasteiger partial charge < -0.3 is 28.6 Å². The lowest BCUT2D eigenvalue weighted by molar-refractivity contribution is 0.0526. The molecular weight excluding hydrogens is 480 g/mol. The molecule has 2 N–H and O–H groups in total. The third-order valence-corrected chi connectivity index (χ3v) is 5.74. The Morgan fingerprint density at radius 2 is 1.73 bits per heavy atom. The summed E-state index contributed by atoms with van der Waals surface area (Å²) in [6.07, 6.45) is 1.27. The van der Waals surface area contributed by atoms with Crippen LogP contribution in [-0.2, 0) is 4.74 Å². The van der Waals surface area contributed by atoms with Gasteiger partial charge in [0.1, 0.15) is 17.0 Å². The summed E-state index contributed by atoms with van der Waals surface area (Å²) in [5, 5.41) is 4.64. The van der Waals surface area contributed by atoms with Gasteiger partial charge in [-0.3, -0.25) is 4.79 Å². The molecular formula is C26H22N4O7. The molecule has 0 aliphatic carbocycles. The SMILES string of the molecule is CCOC(=O)c1ccc(-c2ccc(/C=N/n3c(=O)[nH]c4c([nH]c5cc(OC)c(OC)cc54)c3=O)o2)cc1. The van der Waals surface area contributed by atoms with Crippen molar-refractivity contribution in [1.82, 2.24) is 14.6 Å². The molecule has 188 valence electrons. The number of esters is 1. The summed E-state index contributed by atoms with van der Waals surface area (Å²) in [6, 6.07) is 13.5. The van der Waals surface area contributed by atoms with Crippen molar-refractivity contribution in [3.63, 3.8) is 0 Å². The molecule has 0 aliphatic heterocycles. The van der Waals surface area contributed by atoms with E-state index in [1.165, 1.54) is 20.4 Å². The van der Waals surface area contributed by atoms with Crippen molar-refractivity contribution < 1.29 is 23.4 Å². The number of hydrogen-bond acceptors (Lipinski definition) is 8. The average molecular weight is 502 g/mol. The van der Waals surface area contributed by atoms with Crippen molar-refractivity contribution in [1.29, 1.82) is 0 Å². The molecule has 37 heavy (non-hydrogen) atoms. The van der Waals surface area contributed by atoms with Gasteiger partial charge in [0.15, 0.2) is 11.5 Å². The first-order chi connectivity index (χ1) is 17.9. The molecule has 5 aromatic rings. The quantitative estimate of drug-likeness (QED) is 0.256. The fraction of sp³-hybridized carbons (Fsp3) is 0.154. The second-order valence-electron chi connectivity index (χ2n) is 7.92. The van der Waals surface area contributed by atoms with Crippen LogP contribution in [0.25, 0.3) is 33.3 Å². The smallest absolute Gasteiger partial charge is 0.350 e. The minimum atomic E-state index is -0.717. The highest BCUT2D eigenvalue weighted by Gasteiger charge is 2.16. The number of furan rings is 1. The van der Waals surface area contributed by atoms with Gasteiger partial charge in [-0.25, -0.2) is 9.59 Å². The predicted molar refractivity (Wildman–Crippen MR) is 137 cm³/mol. The van der Waals surface area contributed by atoms with E-state index in [-0.39, 0.29) is 5.52 Å². The third kappa shape index (κ3) is 4.27. The minimum absolute atomic E-state index is 0.170. The number of rotatable bonds is 7. The fourth-order valence-corrected chi connectivity index (χ4v) is 3.95. The zero-order valence-corrected chi connectivity index (χ0v) is 20.2. The summed E-state index contributed by atoms with van der Waals surface area (Å²) >= 11 is 0. The van der Waals surface area contributed by atoms with Crippen LogP contribution in [0, 0.1) is 0 Å². The van der Waals surface area contributed by atoms with Crippen molar-refractivity contribution in [2.45, 2.75) is 6.92 Å². The lowest BCUT2D eigenvalue weighted by Gasteiger charge is -2.06. The maximum atomic E-state index is 13.1. The van der Waals surface area contributed by atoms with Gasteiger partial charge in [0.05, 0.1) is 43.6 Å². The fourth-order valence-electron chi connectivity index (χ4n) is 3.95. The Hall–Kier alpha value is -5.06. The Bertz CT molecular complexity index is 1770. The number of carbonyl (C=O) groups is 1. The van der Waals surface area contributed by atoms with Crippen LogP contribution in [-0.4, -0.2) is 47.7 Å². The van der Waals surface area contributed by atoms with E-state index in [0.29, 0.717) is 56.3 Å². The van der Waals surface area contributed by atoms with E-state index < -0.39 is 17.2 Å². The van der Waals surface area contributed by atoms with Gasteiger partial charge in [0.2, 0.25) is 0 Å². The lowest BCUT2D eigenvalue weighted by Crippen LogP contribution is -2.32. The Balaban J connectivity index is 1.46. The van der Waals surface area contributed by atoms with Crippen LogP contribution in [0.2, 0.25) is 0 Å². The maximum Gasteiger partial charge on any atom is 0.350 e. The number of benzene rings is 2. The van der Waals surface area contributed by atoms with Gasteiger partial charge in [-0.15, -0.1) is 4.68 Å². The molecule has 0 spiro atoms. The number of aromatic nitrogens is 3. The molecule has 11 nitrogen and oxygen atoms in total. The molecule has 0 atom stereocenters. The zero-order chi connectivity index (χ0) is 26.1. The number of methoxy groups -OCH3 is 2. The molecule has 0 radical (unpaired) electrons. The first kappa shape index (κ1) is 23.7. The zero-order valence-electron chi connectivity index (χ0n) is 20.2. The van der Waals surface area contributed by atoms with Gasteiger partial charge in [-0.1, -0.05) is 12.1 Å². The number of hydrogen-bond donors (Lipinski definition) is 2. The molecule has 0 saturated heterocycles. The second kappa shape index (κ2) is 9.53. The monoisotopic (exact) mass is 502 g/mol. The Labute approximate surface area is 208 Å². The van der Waals surface area contributed by atoms with Gasteiger partial charge in [-0.2, -0.15) is 5.10 Å². The number of aromatic amines is 2. The van der Waals surface area contributed by atoms with Crippen molar-refractivity contribution in [2.24, 2.45) is 5.10 Å². The van der Waals surface area contributed by atoms with Crippen molar-refractivity contribution in [3.05, 3.63) is 80.7 Å². The Kier molecular flexibility index (Phi) is 6.10. The molecule has 0 unspecified atom stereocenters. The minimum Gasteiger partial charge on any atom is -0.493 e. The van der Waals surface area contributed by atoms with Crippen molar-refractivity contribution in [3.8, 4) is 22.8 Å². The Morgan fingerprint density at radius 3 is 2.43 bits per heavy atom. The van der Waals surface area contributed by atoms with Crippen LogP contribution in [0.1, 0.15) is 23.0 Å². The molecule has 0 fully saturated rings. The molecule has 0 bridgehead atoms.